The number of fused-ring (bicyclic) bond motifs is 1. The first-order valence-electron chi connectivity index (χ1n) is 8.05. The average molecular weight is 287 g/mol. The normalized spacial score (nSPS) is 30.4. The maximum Gasteiger partial charge on any atom is 0.241 e. The predicted octanol–water partition coefficient (Wildman–Crippen LogP) is 2.00. The monoisotopic (exact) mass is 287 g/mol. The molecule has 3 N–H and O–H groups in total. The molecule has 0 bridgehead atoms. The summed E-state index contributed by atoms with van der Waals surface area (Å²) in [5, 5.41) is 3.11. The Bertz CT molecular complexity index is 517. The number of carbonyl (C=O) groups excluding carboxylic acids is 1. The number of carbonyl (C=O) groups is 1. The Kier molecular flexibility index (Phi) is 4.27. The van der Waals surface area contributed by atoms with Gasteiger partial charge in [0.25, 0.3) is 0 Å². The number of nitrogens with one attached hydrogen (secondary N) is 1. The molecule has 2 aliphatic rings. The number of hydrogen-bond donors (Lipinski definition) is 2. The molecule has 2 aliphatic heterocycles. The fraction of sp³-hybridized carbons (Fsp3) is 0.588. The van der Waals surface area contributed by atoms with Crippen LogP contribution in [0.1, 0.15) is 31.7 Å². The van der Waals surface area contributed by atoms with Gasteiger partial charge in [0.15, 0.2) is 0 Å². The van der Waals surface area contributed by atoms with Crippen LogP contribution in [-0.2, 0) is 11.2 Å². The van der Waals surface area contributed by atoms with E-state index >= 15 is 0 Å². The van der Waals surface area contributed by atoms with Crippen molar-refractivity contribution in [2.75, 3.05) is 18.4 Å². The lowest BCUT2D eigenvalue weighted by Gasteiger charge is -2.43. The van der Waals surface area contributed by atoms with Crippen LogP contribution in [0.3, 0.4) is 0 Å². The van der Waals surface area contributed by atoms with Crippen LogP contribution in [0.4, 0.5) is 5.69 Å². The van der Waals surface area contributed by atoms with Crippen LogP contribution in [-0.4, -0.2) is 36.0 Å². The van der Waals surface area contributed by atoms with E-state index in [4.69, 9.17) is 5.73 Å². The summed E-state index contributed by atoms with van der Waals surface area (Å²) in [6, 6.07) is 8.40. The Morgan fingerprint density at radius 1 is 1.33 bits per heavy atom. The van der Waals surface area contributed by atoms with Gasteiger partial charge in [0.05, 0.1) is 6.04 Å². The number of amides is 1. The minimum Gasteiger partial charge on any atom is -0.329 e. The van der Waals surface area contributed by atoms with Crippen LogP contribution >= 0.6 is 0 Å². The highest BCUT2D eigenvalue weighted by atomic mass is 16.2. The van der Waals surface area contributed by atoms with Gasteiger partial charge in [0.1, 0.15) is 0 Å². The van der Waals surface area contributed by atoms with E-state index in [1.807, 2.05) is 18.2 Å². The van der Waals surface area contributed by atoms with Crippen molar-refractivity contribution in [1.29, 1.82) is 0 Å². The maximum absolute atomic E-state index is 12.7. The van der Waals surface area contributed by atoms with Gasteiger partial charge in [-0.05, 0) is 49.8 Å². The van der Waals surface area contributed by atoms with E-state index in [0.717, 1.165) is 31.5 Å². The first-order valence-corrected chi connectivity index (χ1v) is 8.05. The molecular formula is C17H25N3O. The number of para-hydroxylation sites is 1. The lowest BCUT2D eigenvalue weighted by atomic mass is 9.88. The van der Waals surface area contributed by atoms with E-state index in [0.29, 0.717) is 18.5 Å². The fourth-order valence-electron chi connectivity index (χ4n) is 3.85. The molecular weight excluding hydrogens is 262 g/mol. The zero-order valence-corrected chi connectivity index (χ0v) is 12.7. The Morgan fingerprint density at radius 3 is 2.95 bits per heavy atom. The van der Waals surface area contributed by atoms with Crippen molar-refractivity contribution >= 4 is 11.6 Å². The number of rotatable bonds is 2. The summed E-state index contributed by atoms with van der Waals surface area (Å²) in [6.45, 7) is 3.88. The molecule has 4 heteroatoms. The van der Waals surface area contributed by atoms with Crippen molar-refractivity contribution < 1.29 is 4.79 Å². The minimum absolute atomic E-state index is 0.0475. The number of aryl methyl sites for hydroxylation is 1. The van der Waals surface area contributed by atoms with Gasteiger partial charge in [0.2, 0.25) is 5.91 Å². The molecule has 3 rings (SSSR count). The molecule has 3 atom stereocenters. The summed E-state index contributed by atoms with van der Waals surface area (Å²) >= 11 is 0. The topological polar surface area (TPSA) is 58.4 Å². The summed E-state index contributed by atoms with van der Waals surface area (Å²) in [4.78, 5) is 15.0. The van der Waals surface area contributed by atoms with Gasteiger partial charge in [-0.15, -0.1) is 0 Å². The molecule has 3 unspecified atom stereocenters. The van der Waals surface area contributed by atoms with E-state index in [9.17, 15) is 4.79 Å². The highest BCUT2D eigenvalue weighted by molar-refractivity contribution is 5.96. The molecule has 0 aromatic heterocycles. The second-order valence-electron chi connectivity index (χ2n) is 6.36. The van der Waals surface area contributed by atoms with Gasteiger partial charge < -0.3 is 11.1 Å². The number of nitrogens with zero attached hydrogens (tertiary/aromatic N) is 1. The zero-order chi connectivity index (χ0) is 14.8. The number of nitrogens with two attached hydrogens (primary N) is 1. The molecule has 1 aromatic carbocycles. The molecule has 0 spiro atoms. The lowest BCUT2D eigenvalue weighted by Crippen LogP contribution is -2.56. The standard InChI is InChI=1S/C17H25N3O/c1-12-5-4-10-20(16(12)11-18)15-9-8-13-6-2-3-7-14(13)19-17(15)21/h2-3,6-7,12,15-16H,4-5,8-11,18H2,1H3,(H,19,21). The molecule has 21 heavy (non-hydrogen) atoms. The third-order valence-corrected chi connectivity index (χ3v) is 5.07. The minimum atomic E-state index is -0.0475. The van der Waals surface area contributed by atoms with Gasteiger partial charge in [-0.3, -0.25) is 9.69 Å². The van der Waals surface area contributed by atoms with E-state index in [1.54, 1.807) is 0 Å². The van der Waals surface area contributed by atoms with Crippen LogP contribution in [0.5, 0.6) is 0 Å². The summed E-state index contributed by atoms with van der Waals surface area (Å²) < 4.78 is 0. The lowest BCUT2D eigenvalue weighted by molar-refractivity contribution is -0.123. The summed E-state index contributed by atoms with van der Waals surface area (Å²) in [6.07, 6.45) is 4.20. The average Bonchev–Trinajstić information content (AvgIpc) is 2.65. The Balaban J connectivity index is 1.81. The molecule has 0 aliphatic carbocycles. The predicted molar refractivity (Wildman–Crippen MR) is 85.1 cm³/mol. The van der Waals surface area contributed by atoms with E-state index in [2.05, 4.69) is 23.2 Å². The molecule has 4 nitrogen and oxygen atoms in total. The van der Waals surface area contributed by atoms with Crippen molar-refractivity contribution in [3.8, 4) is 0 Å². The van der Waals surface area contributed by atoms with E-state index in [1.165, 1.54) is 12.0 Å². The number of anilines is 1. The van der Waals surface area contributed by atoms with Crippen molar-refractivity contribution in [3.05, 3.63) is 29.8 Å². The second-order valence-corrected chi connectivity index (χ2v) is 6.36. The van der Waals surface area contributed by atoms with E-state index in [-0.39, 0.29) is 11.9 Å². The molecule has 0 radical (unpaired) electrons. The van der Waals surface area contributed by atoms with Crippen LogP contribution < -0.4 is 11.1 Å². The first kappa shape index (κ1) is 14.5. The van der Waals surface area contributed by atoms with Crippen LogP contribution in [0.25, 0.3) is 0 Å². The van der Waals surface area contributed by atoms with Crippen LogP contribution in [0.2, 0.25) is 0 Å². The van der Waals surface area contributed by atoms with Gasteiger partial charge >= 0.3 is 0 Å². The fourth-order valence-corrected chi connectivity index (χ4v) is 3.85. The van der Waals surface area contributed by atoms with Crippen LogP contribution in [0, 0.1) is 5.92 Å². The third kappa shape index (κ3) is 2.83. The highest BCUT2D eigenvalue weighted by Crippen LogP contribution is 2.29. The summed E-state index contributed by atoms with van der Waals surface area (Å²) in [7, 11) is 0. The van der Waals surface area contributed by atoms with Gasteiger partial charge in [0, 0.05) is 18.3 Å². The second kappa shape index (κ2) is 6.16. The highest BCUT2D eigenvalue weighted by Gasteiger charge is 2.36. The van der Waals surface area contributed by atoms with Crippen molar-refractivity contribution in [2.24, 2.45) is 11.7 Å². The van der Waals surface area contributed by atoms with Crippen molar-refractivity contribution in [2.45, 2.75) is 44.7 Å². The SMILES string of the molecule is CC1CCCN(C2CCc3ccccc3NC2=O)C1CN. The largest absolute Gasteiger partial charge is 0.329 e. The third-order valence-electron chi connectivity index (χ3n) is 5.07. The first-order chi connectivity index (χ1) is 10.2. The quantitative estimate of drug-likeness (QED) is 0.874. The molecule has 1 saturated heterocycles. The molecule has 0 saturated carbocycles. The van der Waals surface area contributed by atoms with Gasteiger partial charge in [-0.25, -0.2) is 0 Å². The summed E-state index contributed by atoms with van der Waals surface area (Å²) in [5.74, 6) is 0.703. The zero-order valence-electron chi connectivity index (χ0n) is 12.7. The molecule has 1 fully saturated rings. The molecule has 114 valence electrons. The van der Waals surface area contributed by atoms with E-state index < -0.39 is 0 Å². The molecule has 1 amide bonds. The smallest absolute Gasteiger partial charge is 0.241 e. The Hall–Kier alpha value is -1.39. The Labute approximate surface area is 126 Å². The summed E-state index contributed by atoms with van der Waals surface area (Å²) in [5.41, 5.74) is 8.20. The number of hydrogen-bond acceptors (Lipinski definition) is 3. The number of likely N-dealkylation sites (tertiary alicyclic amines) is 1. The van der Waals surface area contributed by atoms with Crippen molar-refractivity contribution in [3.63, 3.8) is 0 Å². The Morgan fingerprint density at radius 2 is 2.14 bits per heavy atom. The van der Waals surface area contributed by atoms with Gasteiger partial charge in [-0.1, -0.05) is 25.1 Å². The van der Waals surface area contributed by atoms with Crippen LogP contribution in [0.15, 0.2) is 24.3 Å². The number of piperidine rings is 1. The van der Waals surface area contributed by atoms with Gasteiger partial charge in [-0.2, -0.15) is 0 Å². The van der Waals surface area contributed by atoms with Crippen molar-refractivity contribution in [1.82, 2.24) is 4.90 Å². The maximum atomic E-state index is 12.7. The molecule has 1 aromatic rings. The molecule has 2 heterocycles. The number of benzene rings is 1.